The average Bonchev–Trinajstić information content (AvgIpc) is 2.49. The fraction of sp³-hybridized carbons (Fsp3) is 0.133. The van der Waals surface area contributed by atoms with Crippen LogP contribution in [0.15, 0.2) is 53.4 Å². The van der Waals surface area contributed by atoms with Gasteiger partial charge in [0, 0.05) is 19.3 Å². The summed E-state index contributed by atoms with van der Waals surface area (Å²) in [6.45, 7) is 0.211. The first kappa shape index (κ1) is 15.0. The lowest BCUT2D eigenvalue weighted by Gasteiger charge is -2.18. The molecule has 2 aromatic carbocycles. The smallest absolute Gasteiger partial charge is 0.244 e. The number of hydrogen-bond acceptors (Lipinski definition) is 4. The topological polar surface area (TPSA) is 87.2 Å². The molecule has 0 heterocycles. The molecule has 0 aliphatic heterocycles. The summed E-state index contributed by atoms with van der Waals surface area (Å²) in [6.07, 6.45) is 0. The molecule has 0 saturated carbocycles. The molecule has 0 atom stereocenters. The van der Waals surface area contributed by atoms with Gasteiger partial charge in [0.1, 0.15) is 6.07 Å². The van der Waals surface area contributed by atoms with Crippen LogP contribution in [-0.4, -0.2) is 19.8 Å². The van der Waals surface area contributed by atoms with E-state index < -0.39 is 10.0 Å². The SMILES string of the molecule is CN(Cc1ccc(N)cc1)S(=O)(=O)c1ccccc1C#N. The summed E-state index contributed by atoms with van der Waals surface area (Å²) in [7, 11) is -2.22. The maximum absolute atomic E-state index is 12.5. The Kier molecular flexibility index (Phi) is 4.26. The predicted octanol–water partition coefficient (Wildman–Crippen LogP) is 1.96. The first-order valence-corrected chi connectivity index (χ1v) is 7.69. The van der Waals surface area contributed by atoms with Crippen LogP contribution in [0, 0.1) is 11.3 Å². The van der Waals surface area contributed by atoms with Gasteiger partial charge in [-0.05, 0) is 29.8 Å². The summed E-state index contributed by atoms with van der Waals surface area (Å²) >= 11 is 0. The highest BCUT2D eigenvalue weighted by atomic mass is 32.2. The van der Waals surface area contributed by atoms with Gasteiger partial charge in [-0.2, -0.15) is 9.57 Å². The summed E-state index contributed by atoms with van der Waals surface area (Å²) in [5.74, 6) is 0. The largest absolute Gasteiger partial charge is 0.399 e. The van der Waals surface area contributed by atoms with E-state index in [0.29, 0.717) is 5.69 Å². The fourth-order valence-electron chi connectivity index (χ4n) is 1.92. The second-order valence-corrected chi connectivity index (χ2v) is 6.62. The van der Waals surface area contributed by atoms with Crippen molar-refractivity contribution in [3.05, 3.63) is 59.7 Å². The molecular weight excluding hydrogens is 286 g/mol. The highest BCUT2D eigenvalue weighted by Crippen LogP contribution is 2.20. The molecule has 2 aromatic rings. The van der Waals surface area contributed by atoms with E-state index in [1.165, 1.54) is 23.5 Å². The number of sulfonamides is 1. The third-order valence-corrected chi connectivity index (χ3v) is 4.94. The van der Waals surface area contributed by atoms with E-state index in [0.717, 1.165) is 5.56 Å². The van der Waals surface area contributed by atoms with Gasteiger partial charge in [0.2, 0.25) is 10.0 Å². The van der Waals surface area contributed by atoms with Gasteiger partial charge in [-0.1, -0.05) is 24.3 Å². The van der Waals surface area contributed by atoms with Crippen LogP contribution in [-0.2, 0) is 16.6 Å². The van der Waals surface area contributed by atoms with E-state index in [9.17, 15) is 8.42 Å². The number of anilines is 1. The van der Waals surface area contributed by atoms with Crippen molar-refractivity contribution >= 4 is 15.7 Å². The number of nitrogens with zero attached hydrogens (tertiary/aromatic N) is 2. The maximum atomic E-state index is 12.5. The van der Waals surface area contributed by atoms with Gasteiger partial charge in [0.15, 0.2) is 0 Å². The first-order chi connectivity index (χ1) is 9.95. The van der Waals surface area contributed by atoms with E-state index in [-0.39, 0.29) is 17.0 Å². The molecule has 21 heavy (non-hydrogen) atoms. The lowest BCUT2D eigenvalue weighted by atomic mass is 10.2. The Labute approximate surface area is 124 Å². The van der Waals surface area contributed by atoms with Gasteiger partial charge < -0.3 is 5.73 Å². The molecule has 0 fully saturated rings. The highest BCUT2D eigenvalue weighted by Gasteiger charge is 2.23. The summed E-state index contributed by atoms with van der Waals surface area (Å²) in [6, 6.07) is 15.1. The summed E-state index contributed by atoms with van der Waals surface area (Å²) in [4.78, 5) is 0.0189. The number of hydrogen-bond donors (Lipinski definition) is 1. The van der Waals surface area contributed by atoms with Crippen LogP contribution in [0.25, 0.3) is 0 Å². The van der Waals surface area contributed by atoms with Gasteiger partial charge in [-0.3, -0.25) is 0 Å². The quantitative estimate of drug-likeness (QED) is 0.874. The van der Waals surface area contributed by atoms with Crippen molar-refractivity contribution in [2.24, 2.45) is 0 Å². The fourth-order valence-corrected chi connectivity index (χ4v) is 3.21. The van der Waals surface area contributed by atoms with Crippen molar-refractivity contribution in [3.63, 3.8) is 0 Å². The molecule has 0 aliphatic carbocycles. The Balaban J connectivity index is 2.31. The second-order valence-electron chi connectivity index (χ2n) is 4.61. The standard InChI is InChI=1S/C15H15N3O2S/c1-18(11-12-6-8-14(17)9-7-12)21(19,20)15-5-3-2-4-13(15)10-16/h2-9H,11,17H2,1H3. The van der Waals surface area contributed by atoms with Gasteiger partial charge >= 0.3 is 0 Å². The molecule has 0 radical (unpaired) electrons. The van der Waals surface area contributed by atoms with Crippen LogP contribution in [0.3, 0.4) is 0 Å². The number of nitriles is 1. The molecule has 0 unspecified atom stereocenters. The third kappa shape index (κ3) is 3.21. The molecule has 5 nitrogen and oxygen atoms in total. The minimum atomic E-state index is -3.71. The van der Waals surface area contributed by atoms with Gasteiger partial charge in [0.05, 0.1) is 10.5 Å². The minimum absolute atomic E-state index is 0.0189. The molecule has 0 bridgehead atoms. The van der Waals surface area contributed by atoms with Crippen molar-refractivity contribution in [2.75, 3.05) is 12.8 Å². The number of rotatable bonds is 4. The van der Waals surface area contributed by atoms with Crippen molar-refractivity contribution in [1.29, 1.82) is 5.26 Å². The van der Waals surface area contributed by atoms with Crippen molar-refractivity contribution < 1.29 is 8.42 Å². The van der Waals surface area contributed by atoms with Crippen molar-refractivity contribution in [2.45, 2.75) is 11.4 Å². The molecule has 0 amide bonds. The Morgan fingerprint density at radius 2 is 1.76 bits per heavy atom. The van der Waals surface area contributed by atoms with Crippen molar-refractivity contribution in [1.82, 2.24) is 4.31 Å². The van der Waals surface area contributed by atoms with Gasteiger partial charge in [0.25, 0.3) is 0 Å². The minimum Gasteiger partial charge on any atom is -0.399 e. The van der Waals surface area contributed by atoms with Crippen LogP contribution in [0.2, 0.25) is 0 Å². The molecule has 0 spiro atoms. The Morgan fingerprint density at radius 3 is 2.38 bits per heavy atom. The maximum Gasteiger partial charge on any atom is 0.244 e. The van der Waals surface area contributed by atoms with Crippen molar-refractivity contribution in [3.8, 4) is 6.07 Å². The van der Waals surface area contributed by atoms with E-state index in [4.69, 9.17) is 11.0 Å². The van der Waals surface area contributed by atoms with Crippen LogP contribution >= 0.6 is 0 Å². The molecule has 6 heteroatoms. The molecule has 2 N–H and O–H groups in total. The predicted molar refractivity (Wildman–Crippen MR) is 80.7 cm³/mol. The van der Waals surface area contributed by atoms with E-state index in [1.807, 2.05) is 6.07 Å². The summed E-state index contributed by atoms with van der Waals surface area (Å²) in [5.41, 5.74) is 7.19. The average molecular weight is 301 g/mol. The molecule has 0 aromatic heterocycles. The van der Waals surface area contributed by atoms with Crippen LogP contribution in [0.1, 0.15) is 11.1 Å². The molecule has 0 saturated heterocycles. The van der Waals surface area contributed by atoms with Gasteiger partial charge in [-0.15, -0.1) is 0 Å². The zero-order valence-electron chi connectivity index (χ0n) is 11.5. The molecule has 0 aliphatic rings. The summed E-state index contributed by atoms with van der Waals surface area (Å²) < 4.78 is 26.3. The normalized spacial score (nSPS) is 11.3. The second kappa shape index (κ2) is 5.95. The van der Waals surface area contributed by atoms with E-state index >= 15 is 0 Å². The van der Waals surface area contributed by atoms with Crippen LogP contribution < -0.4 is 5.73 Å². The lowest BCUT2D eigenvalue weighted by Crippen LogP contribution is -2.27. The molecule has 2 rings (SSSR count). The number of benzene rings is 2. The highest BCUT2D eigenvalue weighted by molar-refractivity contribution is 7.89. The Bertz CT molecular complexity index is 777. The molecule has 108 valence electrons. The summed E-state index contributed by atoms with van der Waals surface area (Å²) in [5, 5.41) is 9.04. The number of nitrogens with two attached hydrogens (primary N) is 1. The Hall–Kier alpha value is -2.36. The number of nitrogen functional groups attached to an aromatic ring is 1. The molecular formula is C15H15N3O2S. The zero-order valence-corrected chi connectivity index (χ0v) is 12.3. The Morgan fingerprint density at radius 1 is 1.14 bits per heavy atom. The first-order valence-electron chi connectivity index (χ1n) is 6.25. The zero-order chi connectivity index (χ0) is 15.5. The van der Waals surface area contributed by atoms with E-state index in [2.05, 4.69) is 0 Å². The van der Waals surface area contributed by atoms with Gasteiger partial charge in [-0.25, -0.2) is 8.42 Å². The lowest BCUT2D eigenvalue weighted by molar-refractivity contribution is 0.466. The van der Waals surface area contributed by atoms with E-state index in [1.54, 1.807) is 36.4 Å². The van der Waals surface area contributed by atoms with Crippen LogP contribution in [0.4, 0.5) is 5.69 Å². The monoisotopic (exact) mass is 301 g/mol. The van der Waals surface area contributed by atoms with Crippen LogP contribution in [0.5, 0.6) is 0 Å². The third-order valence-electron chi connectivity index (χ3n) is 3.08.